The number of hydrogen-bond acceptors (Lipinski definition) is 3. The van der Waals surface area contributed by atoms with Crippen molar-refractivity contribution in [2.45, 2.75) is 33.2 Å². The molecule has 0 atom stereocenters. The van der Waals surface area contributed by atoms with E-state index in [1.54, 1.807) is 6.08 Å². The highest BCUT2D eigenvalue weighted by atomic mass is 16.4. The predicted molar refractivity (Wildman–Crippen MR) is 124 cm³/mol. The molecule has 0 amide bonds. The lowest BCUT2D eigenvalue weighted by molar-refractivity contribution is -0.130. The van der Waals surface area contributed by atoms with E-state index in [0.29, 0.717) is 12.1 Å². The van der Waals surface area contributed by atoms with Crippen LogP contribution >= 0.6 is 0 Å². The fraction of sp³-hybridized carbons (Fsp3) is 0.192. The molecule has 4 aromatic rings. The number of carboxylic acid groups (broad SMARTS) is 1. The summed E-state index contributed by atoms with van der Waals surface area (Å²) in [5.41, 5.74) is 5.93. The van der Waals surface area contributed by atoms with Crippen molar-refractivity contribution < 1.29 is 9.90 Å². The number of carboxylic acids is 1. The van der Waals surface area contributed by atoms with Crippen LogP contribution in [0, 0.1) is 6.92 Å². The summed E-state index contributed by atoms with van der Waals surface area (Å²) in [6.45, 7) is 4.89. The van der Waals surface area contributed by atoms with Gasteiger partial charge in [0.15, 0.2) is 5.65 Å². The van der Waals surface area contributed by atoms with Gasteiger partial charge in [0.05, 0.1) is 12.1 Å². The second-order valence-electron chi connectivity index (χ2n) is 7.64. The number of nitrogens with zero attached hydrogens (tertiary/aromatic N) is 3. The van der Waals surface area contributed by atoms with E-state index < -0.39 is 5.97 Å². The number of rotatable bonds is 7. The summed E-state index contributed by atoms with van der Waals surface area (Å²) in [4.78, 5) is 21.2. The van der Waals surface area contributed by atoms with Gasteiger partial charge in [-0.2, -0.15) is 0 Å². The Morgan fingerprint density at radius 2 is 1.81 bits per heavy atom. The molecular weight excluding hydrogens is 386 g/mol. The van der Waals surface area contributed by atoms with E-state index in [1.165, 1.54) is 0 Å². The van der Waals surface area contributed by atoms with Gasteiger partial charge in [-0.15, -0.1) is 0 Å². The molecule has 0 unspecified atom stereocenters. The maximum absolute atomic E-state index is 11.7. The Hall–Kier alpha value is -3.73. The number of aromatic nitrogens is 3. The van der Waals surface area contributed by atoms with Gasteiger partial charge in [0, 0.05) is 12.6 Å². The van der Waals surface area contributed by atoms with Crippen LogP contribution < -0.4 is 0 Å². The van der Waals surface area contributed by atoms with Crippen LogP contribution in [0.2, 0.25) is 0 Å². The van der Waals surface area contributed by atoms with Crippen LogP contribution in [0.3, 0.4) is 0 Å². The SMILES string of the molecule is CCCc1nc2c(C)ccnc2n1Cc1ccc(C=C(C(=O)O)c2ccccc2)cc1. The van der Waals surface area contributed by atoms with E-state index in [4.69, 9.17) is 4.98 Å². The zero-order valence-corrected chi connectivity index (χ0v) is 17.7. The van der Waals surface area contributed by atoms with E-state index in [2.05, 4.69) is 23.4 Å². The van der Waals surface area contributed by atoms with E-state index in [9.17, 15) is 9.90 Å². The van der Waals surface area contributed by atoms with E-state index >= 15 is 0 Å². The first-order chi connectivity index (χ1) is 15.1. The van der Waals surface area contributed by atoms with Crippen molar-refractivity contribution >= 4 is 28.8 Å². The average molecular weight is 412 g/mol. The van der Waals surface area contributed by atoms with Crippen molar-refractivity contribution in [1.29, 1.82) is 0 Å². The molecule has 1 N–H and O–H groups in total. The van der Waals surface area contributed by atoms with Crippen LogP contribution in [-0.2, 0) is 17.8 Å². The molecule has 0 aliphatic carbocycles. The summed E-state index contributed by atoms with van der Waals surface area (Å²) in [6, 6.07) is 19.1. The van der Waals surface area contributed by atoms with Gasteiger partial charge in [-0.3, -0.25) is 0 Å². The second-order valence-corrected chi connectivity index (χ2v) is 7.64. The van der Waals surface area contributed by atoms with Crippen molar-refractivity contribution in [1.82, 2.24) is 14.5 Å². The molecule has 0 aliphatic heterocycles. The Balaban J connectivity index is 1.64. The number of aliphatic carboxylic acids is 1. The van der Waals surface area contributed by atoms with E-state index in [-0.39, 0.29) is 5.57 Å². The third-order valence-electron chi connectivity index (χ3n) is 5.34. The van der Waals surface area contributed by atoms with Crippen molar-refractivity contribution in [3.8, 4) is 0 Å². The van der Waals surface area contributed by atoms with E-state index in [0.717, 1.165) is 46.5 Å². The minimum atomic E-state index is -0.939. The van der Waals surface area contributed by atoms with Gasteiger partial charge in [0.1, 0.15) is 11.3 Å². The van der Waals surface area contributed by atoms with Gasteiger partial charge in [-0.05, 0) is 47.7 Å². The fourth-order valence-electron chi connectivity index (χ4n) is 3.72. The molecule has 0 radical (unpaired) electrons. The van der Waals surface area contributed by atoms with Gasteiger partial charge in [0.25, 0.3) is 0 Å². The lowest BCUT2D eigenvalue weighted by atomic mass is 10.0. The van der Waals surface area contributed by atoms with Crippen molar-refractivity contribution in [3.05, 3.63) is 94.9 Å². The van der Waals surface area contributed by atoms with Crippen LogP contribution in [-0.4, -0.2) is 25.6 Å². The van der Waals surface area contributed by atoms with Crippen LogP contribution in [0.5, 0.6) is 0 Å². The molecule has 0 bridgehead atoms. The van der Waals surface area contributed by atoms with Crippen molar-refractivity contribution in [3.63, 3.8) is 0 Å². The van der Waals surface area contributed by atoms with Gasteiger partial charge in [-0.1, -0.05) is 61.5 Å². The Morgan fingerprint density at radius 3 is 2.48 bits per heavy atom. The topological polar surface area (TPSA) is 68.0 Å². The molecule has 5 heteroatoms. The molecule has 0 spiro atoms. The van der Waals surface area contributed by atoms with Crippen LogP contribution in [0.15, 0.2) is 66.9 Å². The number of imidazole rings is 1. The molecular formula is C26H25N3O2. The number of pyridine rings is 1. The highest BCUT2D eigenvalue weighted by molar-refractivity contribution is 6.20. The molecule has 0 saturated carbocycles. The minimum absolute atomic E-state index is 0.277. The summed E-state index contributed by atoms with van der Waals surface area (Å²) < 4.78 is 2.18. The molecule has 0 fully saturated rings. The Bertz CT molecular complexity index is 1240. The van der Waals surface area contributed by atoms with Crippen LogP contribution in [0.1, 0.15) is 41.4 Å². The third kappa shape index (κ3) is 4.40. The normalized spacial score (nSPS) is 11.7. The van der Waals surface area contributed by atoms with Gasteiger partial charge < -0.3 is 9.67 Å². The second kappa shape index (κ2) is 8.96. The molecule has 2 aromatic carbocycles. The largest absolute Gasteiger partial charge is 0.478 e. The smallest absolute Gasteiger partial charge is 0.336 e. The molecule has 2 heterocycles. The maximum Gasteiger partial charge on any atom is 0.336 e. The summed E-state index contributed by atoms with van der Waals surface area (Å²) >= 11 is 0. The molecule has 31 heavy (non-hydrogen) atoms. The number of fused-ring (bicyclic) bond motifs is 1. The van der Waals surface area contributed by atoms with Gasteiger partial charge >= 0.3 is 5.97 Å². The highest BCUT2D eigenvalue weighted by Crippen LogP contribution is 2.22. The average Bonchev–Trinajstić information content (AvgIpc) is 3.12. The summed E-state index contributed by atoms with van der Waals surface area (Å²) in [6.07, 6.45) is 5.46. The quantitative estimate of drug-likeness (QED) is 0.328. The fourth-order valence-corrected chi connectivity index (χ4v) is 3.72. The lowest BCUT2D eigenvalue weighted by Crippen LogP contribution is -2.06. The van der Waals surface area contributed by atoms with Crippen LogP contribution in [0.25, 0.3) is 22.8 Å². The van der Waals surface area contributed by atoms with Crippen molar-refractivity contribution in [2.24, 2.45) is 0 Å². The molecule has 4 rings (SSSR count). The summed E-state index contributed by atoms with van der Waals surface area (Å²) in [5.74, 6) is 0.103. The molecule has 0 saturated heterocycles. The minimum Gasteiger partial charge on any atom is -0.478 e. The number of benzene rings is 2. The lowest BCUT2D eigenvalue weighted by Gasteiger charge is -2.09. The number of aryl methyl sites for hydroxylation is 2. The van der Waals surface area contributed by atoms with Crippen molar-refractivity contribution in [2.75, 3.05) is 0 Å². The predicted octanol–water partition coefficient (Wildman–Crippen LogP) is 5.37. The Kier molecular flexibility index (Phi) is 5.94. The Morgan fingerprint density at radius 1 is 1.06 bits per heavy atom. The first-order valence-corrected chi connectivity index (χ1v) is 10.5. The van der Waals surface area contributed by atoms with Crippen LogP contribution in [0.4, 0.5) is 0 Å². The van der Waals surface area contributed by atoms with Gasteiger partial charge in [0.2, 0.25) is 0 Å². The Labute approximate surface area is 181 Å². The molecule has 2 aromatic heterocycles. The number of hydrogen-bond donors (Lipinski definition) is 1. The monoisotopic (exact) mass is 411 g/mol. The van der Waals surface area contributed by atoms with Gasteiger partial charge in [-0.25, -0.2) is 14.8 Å². The summed E-state index contributed by atoms with van der Waals surface area (Å²) in [5, 5.41) is 9.63. The first kappa shape index (κ1) is 20.5. The van der Waals surface area contributed by atoms with E-state index in [1.807, 2.05) is 66.9 Å². The molecule has 0 aliphatic rings. The third-order valence-corrected chi connectivity index (χ3v) is 5.34. The highest BCUT2D eigenvalue weighted by Gasteiger charge is 2.14. The first-order valence-electron chi connectivity index (χ1n) is 10.5. The zero-order valence-electron chi connectivity index (χ0n) is 17.7. The maximum atomic E-state index is 11.7. The standard InChI is InChI=1S/C26H25N3O2/c1-3-7-23-28-24-18(2)14-15-27-25(24)29(23)17-20-12-10-19(11-13-20)16-22(26(30)31)21-8-5-4-6-9-21/h4-6,8-16H,3,7,17H2,1-2H3,(H,30,31). The molecule has 5 nitrogen and oxygen atoms in total. The molecule has 156 valence electrons. The number of carbonyl (C=O) groups is 1. The zero-order chi connectivity index (χ0) is 21.8. The summed E-state index contributed by atoms with van der Waals surface area (Å²) in [7, 11) is 0.